The van der Waals surface area contributed by atoms with Crippen LogP contribution in [-0.4, -0.2) is 45.3 Å². The first-order chi connectivity index (χ1) is 15.8. The van der Waals surface area contributed by atoms with E-state index in [0.29, 0.717) is 23.9 Å². The van der Waals surface area contributed by atoms with Crippen molar-refractivity contribution in [3.8, 4) is 17.2 Å². The van der Waals surface area contributed by atoms with Gasteiger partial charge in [0.25, 0.3) is 0 Å². The molecule has 176 valence electrons. The van der Waals surface area contributed by atoms with Crippen molar-refractivity contribution < 1.29 is 30.7 Å². The van der Waals surface area contributed by atoms with E-state index < -0.39 is 25.9 Å². The fraction of sp³-hybridized carbons (Fsp3) is 0.304. The lowest BCUT2D eigenvalue weighted by molar-refractivity contribution is 0.307. The van der Waals surface area contributed by atoms with Gasteiger partial charge in [0.1, 0.15) is 23.0 Å². The molecule has 1 fully saturated rings. The second-order valence-electron chi connectivity index (χ2n) is 7.66. The van der Waals surface area contributed by atoms with E-state index in [1.807, 2.05) is 6.92 Å². The highest BCUT2D eigenvalue weighted by molar-refractivity contribution is 7.92. The van der Waals surface area contributed by atoms with Gasteiger partial charge in [-0.3, -0.25) is 0 Å². The minimum Gasteiger partial charge on any atom is -0.494 e. The molecular formula is C23H25NO7S2. The summed E-state index contributed by atoms with van der Waals surface area (Å²) in [7, 11) is -7.25. The fourth-order valence-corrected chi connectivity index (χ4v) is 7.14. The second-order valence-corrected chi connectivity index (χ2v) is 11.8. The van der Waals surface area contributed by atoms with Crippen LogP contribution in [0.3, 0.4) is 0 Å². The zero-order valence-electron chi connectivity index (χ0n) is 18.1. The Hall–Kier alpha value is -2.82. The number of benzene rings is 2. The molecule has 0 unspecified atom stereocenters. The van der Waals surface area contributed by atoms with Crippen molar-refractivity contribution in [1.29, 1.82) is 0 Å². The van der Waals surface area contributed by atoms with Crippen LogP contribution in [0.25, 0.3) is 0 Å². The minimum atomic E-state index is -3.98. The maximum Gasteiger partial charge on any atom is 0.243 e. The van der Waals surface area contributed by atoms with Crippen LogP contribution in [0.15, 0.2) is 76.2 Å². The average molecular weight is 492 g/mol. The Labute approximate surface area is 193 Å². The van der Waals surface area contributed by atoms with Crippen LogP contribution in [-0.2, 0) is 26.4 Å². The van der Waals surface area contributed by atoms with E-state index in [9.17, 15) is 16.8 Å². The summed E-state index contributed by atoms with van der Waals surface area (Å²) in [4.78, 5) is 0.0531. The van der Waals surface area contributed by atoms with E-state index >= 15 is 0 Å². The molecule has 0 bridgehead atoms. The van der Waals surface area contributed by atoms with Gasteiger partial charge in [-0.15, -0.1) is 0 Å². The minimum absolute atomic E-state index is 0.0310. The van der Waals surface area contributed by atoms with Crippen molar-refractivity contribution in [2.24, 2.45) is 0 Å². The van der Waals surface area contributed by atoms with Gasteiger partial charge in [-0.25, -0.2) is 16.8 Å². The normalized spacial score (nSPS) is 17.8. The number of ether oxygens (including phenoxy) is 2. The molecule has 8 nitrogen and oxygen atoms in total. The number of hydrogen-bond acceptors (Lipinski definition) is 7. The van der Waals surface area contributed by atoms with Gasteiger partial charge in [-0.05, 0) is 74.0 Å². The lowest BCUT2D eigenvalue weighted by atomic mass is 10.2. The molecule has 0 spiro atoms. The van der Waals surface area contributed by atoms with Gasteiger partial charge in [0.15, 0.2) is 9.84 Å². The van der Waals surface area contributed by atoms with Crippen molar-refractivity contribution in [3.63, 3.8) is 0 Å². The number of sulfonamides is 1. The van der Waals surface area contributed by atoms with Crippen molar-refractivity contribution >= 4 is 19.9 Å². The molecule has 3 aromatic rings. The molecule has 1 atom stereocenters. The third-order valence-corrected chi connectivity index (χ3v) is 8.97. The molecule has 10 heteroatoms. The average Bonchev–Trinajstić information content (AvgIpc) is 3.43. The Bertz CT molecular complexity index is 1270. The topological polar surface area (TPSA) is 103 Å². The van der Waals surface area contributed by atoms with E-state index in [0.717, 1.165) is 5.75 Å². The first-order valence-electron chi connectivity index (χ1n) is 10.5. The first-order valence-corrected chi connectivity index (χ1v) is 13.8. The van der Waals surface area contributed by atoms with Gasteiger partial charge in [0, 0.05) is 6.04 Å². The predicted octanol–water partition coefficient (Wildman–Crippen LogP) is 3.85. The molecule has 0 aliphatic carbocycles. The standard InChI is InChI=1S/C23H25NO7S2/c1-2-29-19-5-7-20(8-6-19)31-21-9-11-23(12-10-21)33(27,28)24(16-22-4-3-14-30-22)18-13-15-32(25,26)17-18/h3-12,14,18H,2,13,15-17H2,1H3/t18-/m1/s1. The summed E-state index contributed by atoms with van der Waals surface area (Å²) in [6.07, 6.45) is 1.71. The Morgan fingerprint density at radius 2 is 1.64 bits per heavy atom. The highest BCUT2D eigenvalue weighted by Crippen LogP contribution is 2.29. The molecule has 1 aliphatic heterocycles. The monoisotopic (exact) mass is 491 g/mol. The van der Waals surface area contributed by atoms with Crippen molar-refractivity contribution in [1.82, 2.24) is 4.31 Å². The second kappa shape index (κ2) is 9.58. The van der Waals surface area contributed by atoms with Gasteiger partial charge < -0.3 is 13.9 Å². The molecule has 0 saturated carbocycles. The zero-order chi connectivity index (χ0) is 23.5. The van der Waals surface area contributed by atoms with E-state index in [1.165, 1.54) is 22.7 Å². The number of sulfone groups is 1. The summed E-state index contributed by atoms with van der Waals surface area (Å²) in [5.41, 5.74) is 0. The van der Waals surface area contributed by atoms with Gasteiger partial charge in [-0.2, -0.15) is 4.31 Å². The van der Waals surface area contributed by atoms with E-state index in [4.69, 9.17) is 13.9 Å². The highest BCUT2D eigenvalue weighted by Gasteiger charge is 2.39. The Morgan fingerprint density at radius 3 is 2.18 bits per heavy atom. The van der Waals surface area contributed by atoms with Crippen molar-refractivity contribution in [3.05, 3.63) is 72.7 Å². The fourth-order valence-electron chi connectivity index (χ4n) is 3.69. The summed E-state index contributed by atoms with van der Waals surface area (Å²) >= 11 is 0. The molecule has 4 rings (SSSR count). The third kappa shape index (κ3) is 5.58. The molecule has 1 aliphatic rings. The van der Waals surface area contributed by atoms with Gasteiger partial charge in [0.2, 0.25) is 10.0 Å². The molecule has 33 heavy (non-hydrogen) atoms. The van der Waals surface area contributed by atoms with Crippen LogP contribution in [0.2, 0.25) is 0 Å². The molecule has 0 amide bonds. The molecule has 0 radical (unpaired) electrons. The zero-order valence-corrected chi connectivity index (χ0v) is 19.7. The molecule has 0 N–H and O–H groups in total. The first kappa shape index (κ1) is 23.3. The van der Waals surface area contributed by atoms with Crippen LogP contribution < -0.4 is 9.47 Å². The lowest BCUT2D eigenvalue weighted by Crippen LogP contribution is -2.40. The number of nitrogens with zero attached hydrogens (tertiary/aromatic N) is 1. The highest BCUT2D eigenvalue weighted by atomic mass is 32.2. The summed E-state index contributed by atoms with van der Waals surface area (Å²) < 4.78 is 68.7. The number of hydrogen-bond donors (Lipinski definition) is 0. The van der Waals surface area contributed by atoms with E-state index in [2.05, 4.69) is 0 Å². The maximum absolute atomic E-state index is 13.5. The van der Waals surface area contributed by atoms with Gasteiger partial charge in [-0.1, -0.05) is 0 Å². The quantitative estimate of drug-likeness (QED) is 0.448. The van der Waals surface area contributed by atoms with Crippen LogP contribution in [0.1, 0.15) is 19.1 Å². The molecule has 2 aromatic carbocycles. The van der Waals surface area contributed by atoms with Crippen molar-refractivity contribution in [2.75, 3.05) is 18.1 Å². The van der Waals surface area contributed by atoms with Crippen LogP contribution in [0.5, 0.6) is 17.2 Å². The van der Waals surface area contributed by atoms with Crippen LogP contribution in [0, 0.1) is 0 Å². The molecule has 1 saturated heterocycles. The lowest BCUT2D eigenvalue weighted by Gasteiger charge is -2.26. The Balaban J connectivity index is 1.54. The predicted molar refractivity (Wildman–Crippen MR) is 123 cm³/mol. The maximum atomic E-state index is 13.5. The smallest absolute Gasteiger partial charge is 0.243 e. The third-order valence-electron chi connectivity index (χ3n) is 5.31. The van der Waals surface area contributed by atoms with E-state index in [1.54, 1.807) is 48.5 Å². The molecule has 2 heterocycles. The Kier molecular flexibility index (Phi) is 6.78. The van der Waals surface area contributed by atoms with Gasteiger partial charge in [0.05, 0.1) is 35.8 Å². The SMILES string of the molecule is CCOc1ccc(Oc2ccc(S(=O)(=O)N(Cc3ccco3)[C@@H]3CCS(=O)(=O)C3)cc2)cc1. The van der Waals surface area contributed by atoms with Gasteiger partial charge >= 0.3 is 0 Å². The van der Waals surface area contributed by atoms with Crippen LogP contribution >= 0.6 is 0 Å². The van der Waals surface area contributed by atoms with Crippen LogP contribution in [0.4, 0.5) is 0 Å². The summed E-state index contributed by atoms with van der Waals surface area (Å²) in [5, 5.41) is 0. The molecule has 1 aromatic heterocycles. The summed E-state index contributed by atoms with van der Waals surface area (Å²) in [5.74, 6) is 2.00. The van der Waals surface area contributed by atoms with Crippen molar-refractivity contribution in [2.45, 2.75) is 30.8 Å². The number of furan rings is 1. The summed E-state index contributed by atoms with van der Waals surface area (Å²) in [6, 6.07) is 15.8. The van der Waals surface area contributed by atoms with E-state index in [-0.39, 0.29) is 29.4 Å². The largest absolute Gasteiger partial charge is 0.494 e. The number of rotatable bonds is 9. The Morgan fingerprint density at radius 1 is 1.00 bits per heavy atom. The molecular weight excluding hydrogens is 466 g/mol. The summed E-state index contributed by atoms with van der Waals surface area (Å²) in [6.45, 7) is 2.43.